The van der Waals surface area contributed by atoms with Crippen molar-refractivity contribution in [1.82, 2.24) is 5.32 Å². The Hall–Kier alpha value is -2.20. The molecule has 94 valence electrons. The molecule has 0 radical (unpaired) electrons. The summed E-state index contributed by atoms with van der Waals surface area (Å²) in [6.07, 6.45) is 0.938. The van der Waals surface area contributed by atoms with E-state index in [1.165, 1.54) is 0 Å². The van der Waals surface area contributed by atoms with Gasteiger partial charge in [0.2, 0.25) is 0 Å². The Balaban J connectivity index is 2.04. The van der Waals surface area contributed by atoms with Gasteiger partial charge < -0.3 is 4.74 Å². The Bertz CT molecular complexity index is 731. The Kier molecular flexibility index (Phi) is 2.05. The van der Waals surface area contributed by atoms with Gasteiger partial charge in [-0.3, -0.25) is 14.9 Å². The number of imide groups is 1. The molecule has 0 aromatic heterocycles. The van der Waals surface area contributed by atoms with Crippen molar-refractivity contribution in [3.63, 3.8) is 0 Å². The number of carbonyl (C=O) groups is 2. The second kappa shape index (κ2) is 3.65. The van der Waals surface area contributed by atoms with Crippen LogP contribution in [0.15, 0.2) is 30.3 Å². The van der Waals surface area contributed by atoms with E-state index in [0.717, 1.165) is 29.4 Å². The molecule has 4 heteroatoms. The summed E-state index contributed by atoms with van der Waals surface area (Å²) in [6.45, 7) is 0.750. The summed E-state index contributed by atoms with van der Waals surface area (Å²) in [5.74, 6) is -0.618. The zero-order chi connectivity index (χ0) is 13.0. The number of hydrogen-bond acceptors (Lipinski definition) is 3. The molecule has 0 bridgehead atoms. The van der Waals surface area contributed by atoms with Gasteiger partial charge in [-0.25, -0.2) is 0 Å². The van der Waals surface area contributed by atoms with Crippen molar-refractivity contribution in [3.05, 3.63) is 47.0 Å². The zero-order valence-corrected chi connectivity index (χ0v) is 10.1. The van der Waals surface area contributed by atoms with Gasteiger partial charge >= 0.3 is 0 Å². The van der Waals surface area contributed by atoms with Crippen LogP contribution in [0, 0.1) is 0 Å². The molecule has 0 saturated carbocycles. The van der Waals surface area contributed by atoms with E-state index in [1.807, 2.05) is 24.3 Å². The van der Waals surface area contributed by atoms with Crippen LogP contribution < -0.4 is 5.32 Å². The zero-order valence-electron chi connectivity index (χ0n) is 10.1. The maximum absolute atomic E-state index is 12.1. The third kappa shape index (κ3) is 1.57. The van der Waals surface area contributed by atoms with Crippen molar-refractivity contribution in [3.8, 4) is 0 Å². The van der Waals surface area contributed by atoms with Crippen LogP contribution in [0.5, 0.6) is 0 Å². The highest BCUT2D eigenvalue weighted by molar-refractivity contribution is 6.26. The number of amides is 2. The Morgan fingerprint density at radius 3 is 2.79 bits per heavy atom. The van der Waals surface area contributed by atoms with Gasteiger partial charge in [0, 0.05) is 17.4 Å². The average Bonchev–Trinajstić information content (AvgIpc) is 3.20. The largest absolute Gasteiger partial charge is 0.373 e. The van der Waals surface area contributed by atoms with E-state index in [-0.39, 0.29) is 17.9 Å². The first kappa shape index (κ1) is 10.7. The van der Waals surface area contributed by atoms with E-state index in [4.69, 9.17) is 4.74 Å². The molecule has 1 atom stereocenters. The highest BCUT2D eigenvalue weighted by Gasteiger charge is 2.30. The summed E-state index contributed by atoms with van der Waals surface area (Å²) in [7, 11) is 0. The lowest BCUT2D eigenvalue weighted by molar-refractivity contribution is 0.0844. The molecule has 1 saturated heterocycles. The third-order valence-corrected chi connectivity index (χ3v) is 3.68. The molecule has 1 unspecified atom stereocenters. The van der Waals surface area contributed by atoms with Crippen molar-refractivity contribution >= 4 is 22.6 Å². The van der Waals surface area contributed by atoms with E-state index >= 15 is 0 Å². The van der Waals surface area contributed by atoms with E-state index in [1.54, 1.807) is 6.07 Å². The first-order valence-corrected chi connectivity index (χ1v) is 6.26. The SMILES string of the molecule is O=C1NC(=O)c2c(CC3CO3)ccc3cccc1c23. The molecule has 0 spiro atoms. The number of ether oxygens (including phenoxy) is 1. The van der Waals surface area contributed by atoms with Crippen LogP contribution in [0.4, 0.5) is 0 Å². The predicted octanol–water partition coefficient (Wildman–Crippen LogP) is 1.66. The second-order valence-electron chi connectivity index (χ2n) is 4.95. The van der Waals surface area contributed by atoms with Crippen molar-refractivity contribution in [1.29, 1.82) is 0 Å². The maximum atomic E-state index is 12.1. The van der Waals surface area contributed by atoms with Crippen LogP contribution in [-0.2, 0) is 11.2 Å². The van der Waals surface area contributed by atoms with Crippen LogP contribution in [-0.4, -0.2) is 24.5 Å². The Morgan fingerprint density at radius 2 is 2.00 bits per heavy atom. The molecule has 4 rings (SSSR count). The lowest BCUT2D eigenvalue weighted by Gasteiger charge is -2.19. The number of benzene rings is 2. The molecule has 2 aliphatic heterocycles. The summed E-state index contributed by atoms with van der Waals surface area (Å²) < 4.78 is 5.23. The fourth-order valence-electron chi connectivity index (χ4n) is 2.71. The molecule has 1 fully saturated rings. The fraction of sp³-hybridized carbons (Fsp3) is 0.200. The van der Waals surface area contributed by atoms with Gasteiger partial charge in [0.1, 0.15) is 0 Å². The van der Waals surface area contributed by atoms with Crippen LogP contribution in [0.1, 0.15) is 26.3 Å². The van der Waals surface area contributed by atoms with Crippen LogP contribution in [0.3, 0.4) is 0 Å². The molecule has 2 amide bonds. The van der Waals surface area contributed by atoms with Crippen LogP contribution >= 0.6 is 0 Å². The summed E-state index contributed by atoms with van der Waals surface area (Å²) in [5.41, 5.74) is 2.15. The van der Waals surface area contributed by atoms with E-state index in [2.05, 4.69) is 5.32 Å². The Labute approximate surface area is 109 Å². The molecule has 0 aliphatic carbocycles. The van der Waals surface area contributed by atoms with Gasteiger partial charge in [0.25, 0.3) is 11.8 Å². The van der Waals surface area contributed by atoms with Crippen LogP contribution in [0.25, 0.3) is 10.8 Å². The molecular formula is C15H11NO3. The third-order valence-electron chi connectivity index (χ3n) is 3.68. The van der Waals surface area contributed by atoms with Gasteiger partial charge in [-0.1, -0.05) is 24.3 Å². The smallest absolute Gasteiger partial charge is 0.259 e. The summed E-state index contributed by atoms with van der Waals surface area (Å²) in [6, 6.07) is 9.43. The number of epoxide rings is 1. The van der Waals surface area contributed by atoms with Crippen LogP contribution in [0.2, 0.25) is 0 Å². The Morgan fingerprint density at radius 1 is 1.16 bits per heavy atom. The highest BCUT2D eigenvalue weighted by atomic mass is 16.6. The normalized spacial score (nSPS) is 20.5. The van der Waals surface area contributed by atoms with Gasteiger partial charge in [0.05, 0.1) is 18.3 Å². The number of hydrogen-bond donors (Lipinski definition) is 1. The molecule has 2 heterocycles. The molecule has 19 heavy (non-hydrogen) atoms. The molecule has 4 nitrogen and oxygen atoms in total. The number of rotatable bonds is 2. The molecule has 1 N–H and O–H groups in total. The van der Waals surface area contributed by atoms with Gasteiger partial charge in [0.15, 0.2) is 0 Å². The fourth-order valence-corrected chi connectivity index (χ4v) is 2.71. The number of nitrogens with one attached hydrogen (secondary N) is 1. The molecule has 2 aliphatic rings. The second-order valence-corrected chi connectivity index (χ2v) is 4.95. The highest BCUT2D eigenvalue weighted by Crippen LogP contribution is 2.31. The van der Waals surface area contributed by atoms with Gasteiger partial charge in [-0.15, -0.1) is 0 Å². The van der Waals surface area contributed by atoms with E-state index in [9.17, 15) is 9.59 Å². The van der Waals surface area contributed by atoms with E-state index < -0.39 is 0 Å². The van der Waals surface area contributed by atoms with Crippen molar-refractivity contribution in [2.45, 2.75) is 12.5 Å². The maximum Gasteiger partial charge on any atom is 0.259 e. The summed E-state index contributed by atoms with van der Waals surface area (Å²) in [4.78, 5) is 24.0. The van der Waals surface area contributed by atoms with Gasteiger partial charge in [-0.2, -0.15) is 0 Å². The van der Waals surface area contributed by atoms with Gasteiger partial charge in [-0.05, 0) is 17.0 Å². The first-order chi connectivity index (χ1) is 9.24. The summed E-state index contributed by atoms with van der Waals surface area (Å²) >= 11 is 0. The van der Waals surface area contributed by atoms with Crippen molar-refractivity contribution < 1.29 is 14.3 Å². The quantitative estimate of drug-likeness (QED) is 0.654. The summed E-state index contributed by atoms with van der Waals surface area (Å²) in [5, 5.41) is 4.11. The topological polar surface area (TPSA) is 58.7 Å². The molecule has 2 aromatic rings. The number of carbonyl (C=O) groups excluding carboxylic acids is 2. The average molecular weight is 253 g/mol. The first-order valence-electron chi connectivity index (χ1n) is 6.26. The molecule has 2 aromatic carbocycles. The lowest BCUT2D eigenvalue weighted by Crippen LogP contribution is -2.35. The minimum Gasteiger partial charge on any atom is -0.373 e. The minimum atomic E-state index is -0.317. The lowest BCUT2D eigenvalue weighted by atomic mass is 9.90. The van der Waals surface area contributed by atoms with Crippen molar-refractivity contribution in [2.75, 3.05) is 6.61 Å². The van der Waals surface area contributed by atoms with Crippen molar-refractivity contribution in [2.24, 2.45) is 0 Å². The predicted molar refractivity (Wildman–Crippen MR) is 69.2 cm³/mol. The standard InChI is InChI=1S/C15H11NO3/c17-14-11-3-1-2-8-4-5-9(6-10-7-19-10)13(12(8)11)15(18)16-14/h1-5,10H,6-7H2,(H,16,17,18). The minimum absolute atomic E-state index is 0.214. The van der Waals surface area contributed by atoms with E-state index in [0.29, 0.717) is 11.1 Å². The molecular weight excluding hydrogens is 242 g/mol. The monoisotopic (exact) mass is 253 g/mol.